The Labute approximate surface area is 148 Å². The maximum atomic E-state index is 3.42. The number of rotatable bonds is 3. The predicted molar refractivity (Wildman–Crippen MR) is 110 cm³/mol. The molecular formula is C22H45N. The van der Waals surface area contributed by atoms with Gasteiger partial charge < -0.3 is 5.32 Å². The van der Waals surface area contributed by atoms with Crippen LogP contribution in [-0.2, 0) is 6.42 Å². The van der Waals surface area contributed by atoms with Crippen molar-refractivity contribution in [2.45, 2.75) is 87.5 Å². The van der Waals surface area contributed by atoms with Gasteiger partial charge in [0.1, 0.15) is 0 Å². The summed E-state index contributed by atoms with van der Waals surface area (Å²) in [6.45, 7) is 19.0. The second kappa shape index (κ2) is 26.1. The van der Waals surface area contributed by atoms with Crippen molar-refractivity contribution >= 4 is 0 Å². The summed E-state index contributed by atoms with van der Waals surface area (Å²) in [5, 5.41) is 3.42. The maximum Gasteiger partial charge on any atom is -0.00205 e. The van der Waals surface area contributed by atoms with Crippen LogP contribution >= 0.6 is 0 Å². The number of nitrogens with one attached hydrogen (secondary N) is 1. The van der Waals surface area contributed by atoms with Gasteiger partial charge in [-0.15, -0.1) is 0 Å². The van der Waals surface area contributed by atoms with Gasteiger partial charge in [0, 0.05) is 0 Å². The zero-order valence-corrected chi connectivity index (χ0v) is 17.4. The van der Waals surface area contributed by atoms with Crippen LogP contribution in [-0.4, -0.2) is 13.1 Å². The molecule has 1 unspecified atom stereocenters. The van der Waals surface area contributed by atoms with Crippen molar-refractivity contribution in [3.8, 4) is 0 Å². The molecule has 1 aromatic rings. The van der Waals surface area contributed by atoms with Gasteiger partial charge in [0.05, 0.1) is 0 Å². The summed E-state index contributed by atoms with van der Waals surface area (Å²) in [6, 6.07) is 10.5. The summed E-state index contributed by atoms with van der Waals surface area (Å²) in [5.41, 5.74) is 1.41. The Morgan fingerprint density at radius 3 is 1.83 bits per heavy atom. The Balaban J connectivity index is -0.000000264. The number of benzene rings is 1. The first kappa shape index (κ1) is 27.0. The molecular weight excluding hydrogens is 278 g/mol. The molecule has 0 radical (unpaired) electrons. The molecule has 0 aromatic heterocycles. The van der Waals surface area contributed by atoms with Crippen molar-refractivity contribution in [1.29, 1.82) is 0 Å². The van der Waals surface area contributed by atoms with Crippen molar-refractivity contribution in [2.24, 2.45) is 5.92 Å². The van der Waals surface area contributed by atoms with Gasteiger partial charge in [-0.2, -0.15) is 0 Å². The summed E-state index contributed by atoms with van der Waals surface area (Å²) in [6.07, 6.45) is 6.77. The van der Waals surface area contributed by atoms with Crippen LogP contribution in [0.4, 0.5) is 0 Å². The van der Waals surface area contributed by atoms with Crippen LogP contribution in [0.2, 0.25) is 0 Å². The van der Waals surface area contributed by atoms with E-state index in [2.05, 4.69) is 43.4 Å². The van der Waals surface area contributed by atoms with Crippen LogP contribution in [0.15, 0.2) is 30.3 Å². The van der Waals surface area contributed by atoms with E-state index in [1.54, 1.807) is 0 Å². The third-order valence-corrected chi connectivity index (χ3v) is 3.35. The molecule has 1 heterocycles. The van der Waals surface area contributed by atoms with Gasteiger partial charge in [0.25, 0.3) is 0 Å². The van der Waals surface area contributed by atoms with E-state index >= 15 is 0 Å². The van der Waals surface area contributed by atoms with Gasteiger partial charge in [0.15, 0.2) is 0 Å². The molecule has 2 rings (SSSR count). The van der Waals surface area contributed by atoms with Crippen LogP contribution in [0.3, 0.4) is 0 Å². The topological polar surface area (TPSA) is 12.0 Å². The highest BCUT2D eigenvalue weighted by molar-refractivity contribution is 5.13. The molecule has 1 heteroatoms. The molecule has 138 valence electrons. The van der Waals surface area contributed by atoms with Crippen LogP contribution in [0.25, 0.3) is 0 Å². The number of hydrogen-bond acceptors (Lipinski definition) is 1. The number of hydrogen-bond donors (Lipinski definition) is 1. The molecule has 1 aromatic carbocycles. The Bertz CT molecular complexity index is 260. The Morgan fingerprint density at radius 2 is 1.48 bits per heavy atom. The molecule has 1 fully saturated rings. The van der Waals surface area contributed by atoms with Crippen LogP contribution in [0.5, 0.6) is 0 Å². The largest absolute Gasteiger partial charge is 0.316 e. The van der Waals surface area contributed by atoms with E-state index in [0.29, 0.717) is 0 Å². The number of aryl methyl sites for hydroxylation is 1. The van der Waals surface area contributed by atoms with Gasteiger partial charge >= 0.3 is 0 Å². The number of piperidine rings is 1. The minimum absolute atomic E-state index is 0.990. The highest BCUT2D eigenvalue weighted by atomic mass is 14.9. The van der Waals surface area contributed by atoms with E-state index in [4.69, 9.17) is 0 Å². The third-order valence-electron chi connectivity index (χ3n) is 3.35. The van der Waals surface area contributed by atoms with Crippen molar-refractivity contribution in [3.05, 3.63) is 35.9 Å². The lowest BCUT2D eigenvalue weighted by Crippen LogP contribution is -2.29. The average Bonchev–Trinajstić information content (AvgIpc) is 2.69. The highest BCUT2D eigenvalue weighted by Crippen LogP contribution is 2.14. The molecule has 0 saturated carbocycles. The zero-order valence-electron chi connectivity index (χ0n) is 17.4. The van der Waals surface area contributed by atoms with Crippen molar-refractivity contribution in [1.82, 2.24) is 5.32 Å². The quantitative estimate of drug-likeness (QED) is 0.624. The standard InChI is InChI=1S/C8H17N.C8H10.3C2H6/c1-2-4-8-5-3-6-9-7-8;1-2-8-6-4-3-5-7-8;3*1-2/h8-9H,2-7H2,1H3;3-7H,2H2,1H3;3*1-2H3. The maximum absolute atomic E-state index is 3.42. The monoisotopic (exact) mass is 323 g/mol. The van der Waals surface area contributed by atoms with Crippen molar-refractivity contribution < 1.29 is 0 Å². The summed E-state index contributed by atoms with van der Waals surface area (Å²) in [7, 11) is 0. The average molecular weight is 324 g/mol. The normalized spacial score (nSPS) is 15.0. The molecule has 0 amide bonds. The molecule has 1 saturated heterocycles. The second-order valence-electron chi connectivity index (χ2n) is 4.84. The Morgan fingerprint density at radius 1 is 0.913 bits per heavy atom. The lowest BCUT2D eigenvalue weighted by Gasteiger charge is -2.21. The van der Waals surface area contributed by atoms with E-state index in [1.165, 1.54) is 44.3 Å². The second-order valence-corrected chi connectivity index (χ2v) is 4.84. The van der Waals surface area contributed by atoms with Gasteiger partial charge in [-0.3, -0.25) is 0 Å². The summed E-state index contributed by atoms with van der Waals surface area (Å²) in [5.74, 6) is 0.990. The zero-order chi connectivity index (χ0) is 18.3. The Hall–Kier alpha value is -0.820. The predicted octanol–water partition coefficient (Wildman–Crippen LogP) is 7.11. The van der Waals surface area contributed by atoms with Gasteiger partial charge in [0.2, 0.25) is 0 Å². The van der Waals surface area contributed by atoms with E-state index < -0.39 is 0 Å². The molecule has 1 nitrogen and oxygen atoms in total. The van der Waals surface area contributed by atoms with E-state index in [-0.39, 0.29) is 0 Å². The highest BCUT2D eigenvalue weighted by Gasteiger charge is 2.10. The summed E-state index contributed by atoms with van der Waals surface area (Å²) in [4.78, 5) is 0. The van der Waals surface area contributed by atoms with Gasteiger partial charge in [-0.1, -0.05) is 92.1 Å². The van der Waals surface area contributed by atoms with Crippen molar-refractivity contribution in [2.75, 3.05) is 13.1 Å². The SMILES string of the molecule is CC.CC.CC.CCCC1CCCNC1.CCc1ccccc1. The molecule has 1 atom stereocenters. The first-order chi connectivity index (χ1) is 11.4. The van der Waals surface area contributed by atoms with Gasteiger partial charge in [-0.05, 0) is 50.3 Å². The van der Waals surface area contributed by atoms with Crippen LogP contribution < -0.4 is 5.32 Å². The first-order valence-corrected chi connectivity index (χ1v) is 10.1. The fraction of sp³-hybridized carbons (Fsp3) is 0.727. The fourth-order valence-corrected chi connectivity index (χ4v) is 2.29. The molecule has 23 heavy (non-hydrogen) atoms. The minimum Gasteiger partial charge on any atom is -0.316 e. The lowest BCUT2D eigenvalue weighted by atomic mass is 9.95. The molecule has 1 N–H and O–H groups in total. The molecule has 0 aliphatic carbocycles. The van der Waals surface area contributed by atoms with E-state index in [1.807, 2.05) is 47.6 Å². The summed E-state index contributed by atoms with van der Waals surface area (Å²) >= 11 is 0. The van der Waals surface area contributed by atoms with Gasteiger partial charge in [-0.25, -0.2) is 0 Å². The lowest BCUT2D eigenvalue weighted by molar-refractivity contribution is 0.355. The third kappa shape index (κ3) is 19.1. The molecule has 0 bridgehead atoms. The van der Waals surface area contributed by atoms with Crippen LogP contribution in [0.1, 0.15) is 86.6 Å². The fourth-order valence-electron chi connectivity index (χ4n) is 2.29. The van der Waals surface area contributed by atoms with E-state index in [0.717, 1.165) is 12.3 Å². The van der Waals surface area contributed by atoms with Crippen molar-refractivity contribution in [3.63, 3.8) is 0 Å². The summed E-state index contributed by atoms with van der Waals surface area (Å²) < 4.78 is 0. The molecule has 1 aliphatic rings. The minimum atomic E-state index is 0.990. The Kier molecular flexibility index (Phi) is 30.7. The first-order valence-electron chi connectivity index (χ1n) is 10.1. The molecule has 1 aliphatic heterocycles. The van der Waals surface area contributed by atoms with E-state index in [9.17, 15) is 0 Å². The molecule has 0 spiro atoms. The smallest absolute Gasteiger partial charge is 0.00205 e. The van der Waals surface area contributed by atoms with Crippen LogP contribution in [0, 0.1) is 5.92 Å².